The second-order valence-electron chi connectivity index (χ2n) is 6.30. The molecular formula is C15H14F16O3. The Labute approximate surface area is 179 Å². The van der Waals surface area contributed by atoms with E-state index in [-0.39, 0.29) is 12.8 Å². The molecule has 0 rings (SSSR count). The number of unbranched alkanes of at least 4 members (excludes halogenated alkanes) is 3. The van der Waals surface area contributed by atoms with E-state index in [9.17, 15) is 70.2 Å². The molecule has 0 aliphatic carbocycles. The summed E-state index contributed by atoms with van der Waals surface area (Å²) >= 11 is 0. The maximum atomic E-state index is 13.4. The van der Waals surface area contributed by atoms with Crippen molar-refractivity contribution in [2.24, 2.45) is 0 Å². The van der Waals surface area contributed by atoms with Gasteiger partial charge in [-0.3, -0.25) is 4.74 Å². The van der Waals surface area contributed by atoms with Gasteiger partial charge < -0.3 is 9.47 Å². The molecule has 19 heteroatoms. The van der Waals surface area contributed by atoms with E-state index in [1.165, 1.54) is 0 Å². The first-order valence-corrected chi connectivity index (χ1v) is 8.64. The predicted molar refractivity (Wildman–Crippen MR) is 77.2 cm³/mol. The van der Waals surface area contributed by atoms with Gasteiger partial charge in [0, 0.05) is 0 Å². The number of halogens is 16. The maximum Gasteiger partial charge on any atom is 0.472 e. The zero-order chi connectivity index (χ0) is 27.4. The average Bonchev–Trinajstić information content (AvgIpc) is 2.66. The minimum atomic E-state index is -8.11. The topological polar surface area (TPSA) is 27.7 Å². The van der Waals surface area contributed by atoms with Crippen molar-refractivity contribution in [1.29, 1.82) is 0 Å². The Hall–Kier alpha value is -1.66. The quantitative estimate of drug-likeness (QED) is 0.120. The number of alkyl halides is 13. The van der Waals surface area contributed by atoms with E-state index in [2.05, 4.69) is 9.47 Å². The van der Waals surface area contributed by atoms with E-state index < -0.39 is 61.2 Å². The van der Waals surface area contributed by atoms with Gasteiger partial charge in [0.15, 0.2) is 0 Å². The Morgan fingerprint density at radius 3 is 1.59 bits per heavy atom. The van der Waals surface area contributed by atoms with Crippen molar-refractivity contribution in [3.8, 4) is 0 Å². The molecule has 0 aromatic rings. The summed E-state index contributed by atoms with van der Waals surface area (Å²) in [6.07, 6.45) is -28.4. The molecule has 0 heterocycles. The molecule has 1 atom stereocenters. The van der Waals surface area contributed by atoms with E-state index in [1.807, 2.05) is 4.74 Å². The fourth-order valence-corrected chi connectivity index (χ4v) is 1.85. The lowest BCUT2D eigenvalue weighted by molar-refractivity contribution is -0.488. The molecule has 0 saturated heterocycles. The van der Waals surface area contributed by atoms with Gasteiger partial charge in [-0.15, -0.1) is 0 Å². The van der Waals surface area contributed by atoms with Crippen LogP contribution in [0.25, 0.3) is 0 Å². The first-order valence-electron chi connectivity index (χ1n) is 8.64. The summed E-state index contributed by atoms with van der Waals surface area (Å²) in [5.74, 6) is -24.0. The highest BCUT2D eigenvalue weighted by Crippen LogP contribution is 2.58. The maximum absolute atomic E-state index is 13.4. The molecule has 0 spiro atoms. The summed E-state index contributed by atoms with van der Waals surface area (Å²) in [6, 6.07) is -3.98. The smallest absolute Gasteiger partial charge is 0.397 e. The van der Waals surface area contributed by atoms with Crippen LogP contribution in [-0.4, -0.2) is 49.1 Å². The highest BCUT2D eigenvalue weighted by atomic mass is 19.4. The molecule has 204 valence electrons. The highest BCUT2D eigenvalue weighted by Gasteiger charge is 2.89. The van der Waals surface area contributed by atoms with Crippen LogP contribution in [0, 0.1) is 0 Å². The largest absolute Gasteiger partial charge is 0.472 e. The van der Waals surface area contributed by atoms with Gasteiger partial charge in [-0.2, -0.15) is 65.9 Å². The molecule has 0 amide bonds. The molecule has 0 bridgehead atoms. The Morgan fingerprint density at radius 1 is 0.676 bits per heavy atom. The Bertz CT molecular complexity index is 689. The number of rotatable bonds is 15. The predicted octanol–water partition coefficient (Wildman–Crippen LogP) is 7.63. The van der Waals surface area contributed by atoms with Gasteiger partial charge in [0.1, 0.15) is 0 Å². The molecule has 34 heavy (non-hydrogen) atoms. The molecule has 0 aliphatic heterocycles. The SMILES string of the molecule is CCCCCCOC(F)(F)C(F)OC(F)(F)C(F)(F)C(F)(F)C(F)(F)C(F)(F)OC(F)=C(F)F. The fraction of sp³-hybridized carbons (Fsp3) is 0.867. The first kappa shape index (κ1) is 32.3. The van der Waals surface area contributed by atoms with Crippen LogP contribution in [0.2, 0.25) is 0 Å². The molecule has 0 fully saturated rings. The molecule has 0 aliphatic rings. The van der Waals surface area contributed by atoms with Crippen LogP contribution < -0.4 is 0 Å². The van der Waals surface area contributed by atoms with Crippen molar-refractivity contribution < 1.29 is 84.5 Å². The van der Waals surface area contributed by atoms with E-state index in [0.717, 1.165) is 0 Å². The lowest BCUT2D eigenvalue weighted by atomic mass is 10.0. The molecule has 0 aromatic heterocycles. The fourth-order valence-electron chi connectivity index (χ4n) is 1.85. The van der Waals surface area contributed by atoms with Crippen molar-refractivity contribution in [1.82, 2.24) is 0 Å². The van der Waals surface area contributed by atoms with Gasteiger partial charge in [-0.25, -0.2) is 4.39 Å². The summed E-state index contributed by atoms with van der Waals surface area (Å²) in [6.45, 7) is 0.567. The van der Waals surface area contributed by atoms with Crippen LogP contribution >= 0.6 is 0 Å². The minimum absolute atomic E-state index is 0.179. The van der Waals surface area contributed by atoms with Crippen LogP contribution in [0.3, 0.4) is 0 Å². The Balaban J connectivity index is 5.80. The summed E-state index contributed by atoms with van der Waals surface area (Å²) in [5, 5.41) is 0. The van der Waals surface area contributed by atoms with Gasteiger partial charge in [0.05, 0.1) is 6.61 Å². The first-order chi connectivity index (χ1) is 15.0. The summed E-state index contributed by atoms with van der Waals surface area (Å²) in [7, 11) is 0. The van der Waals surface area contributed by atoms with Crippen LogP contribution in [0.4, 0.5) is 70.2 Å². The number of hydrogen-bond donors (Lipinski definition) is 0. The van der Waals surface area contributed by atoms with Crippen LogP contribution in [0.5, 0.6) is 0 Å². The summed E-state index contributed by atoms with van der Waals surface area (Å²) in [4.78, 5) is 0. The van der Waals surface area contributed by atoms with Crippen molar-refractivity contribution in [2.45, 2.75) is 75.1 Å². The lowest BCUT2D eigenvalue weighted by Gasteiger charge is -2.38. The van der Waals surface area contributed by atoms with Crippen LogP contribution in [0.1, 0.15) is 32.6 Å². The van der Waals surface area contributed by atoms with Crippen molar-refractivity contribution in [3.05, 3.63) is 12.1 Å². The third-order valence-corrected chi connectivity index (χ3v) is 3.69. The van der Waals surface area contributed by atoms with E-state index in [4.69, 9.17) is 0 Å². The Kier molecular flexibility index (Phi) is 10.4. The Morgan fingerprint density at radius 2 is 1.15 bits per heavy atom. The van der Waals surface area contributed by atoms with Gasteiger partial charge >= 0.3 is 48.2 Å². The molecule has 3 nitrogen and oxygen atoms in total. The summed E-state index contributed by atoms with van der Waals surface area (Å²) in [5.41, 5.74) is 0. The molecule has 0 saturated carbocycles. The van der Waals surface area contributed by atoms with Gasteiger partial charge in [-0.05, 0) is 6.42 Å². The van der Waals surface area contributed by atoms with Crippen LogP contribution in [0.15, 0.2) is 12.1 Å². The average molecular weight is 546 g/mol. The molecular weight excluding hydrogens is 532 g/mol. The van der Waals surface area contributed by atoms with Crippen molar-refractivity contribution in [3.63, 3.8) is 0 Å². The molecule has 0 aromatic carbocycles. The zero-order valence-corrected chi connectivity index (χ0v) is 16.4. The van der Waals surface area contributed by atoms with Crippen LogP contribution in [-0.2, 0) is 14.2 Å². The summed E-state index contributed by atoms with van der Waals surface area (Å²) < 4.78 is 216. The van der Waals surface area contributed by atoms with Crippen molar-refractivity contribution >= 4 is 0 Å². The molecule has 1 unspecified atom stereocenters. The molecule has 0 radical (unpaired) electrons. The second-order valence-corrected chi connectivity index (χ2v) is 6.30. The monoisotopic (exact) mass is 546 g/mol. The van der Waals surface area contributed by atoms with E-state index >= 15 is 0 Å². The standard InChI is InChI=1S/C15H14F16O3/c1-2-3-4-5-6-32-10(20,21)9(19)34-15(30,31)13(26,27)11(22,23)12(24,25)14(28,29)33-8(18)7(16)17/h9H,2-6H2,1H3. The third-order valence-electron chi connectivity index (χ3n) is 3.69. The van der Waals surface area contributed by atoms with E-state index in [1.54, 1.807) is 6.92 Å². The lowest BCUT2D eigenvalue weighted by Crippen LogP contribution is -2.68. The minimum Gasteiger partial charge on any atom is -0.397 e. The molecule has 0 N–H and O–H groups in total. The highest BCUT2D eigenvalue weighted by molar-refractivity contribution is 5.05. The third kappa shape index (κ3) is 6.72. The van der Waals surface area contributed by atoms with Gasteiger partial charge in [-0.1, -0.05) is 26.2 Å². The van der Waals surface area contributed by atoms with Crippen molar-refractivity contribution in [2.75, 3.05) is 6.61 Å². The van der Waals surface area contributed by atoms with Gasteiger partial charge in [0.2, 0.25) is 0 Å². The number of ether oxygens (including phenoxy) is 3. The normalized spacial score (nSPS) is 15.3. The number of hydrogen-bond acceptors (Lipinski definition) is 3. The van der Waals surface area contributed by atoms with Gasteiger partial charge in [0.25, 0.3) is 6.36 Å². The zero-order valence-electron chi connectivity index (χ0n) is 16.4. The second kappa shape index (κ2) is 10.9. The van der Waals surface area contributed by atoms with E-state index in [0.29, 0.717) is 12.8 Å².